The Morgan fingerprint density at radius 2 is 2.00 bits per heavy atom. The summed E-state index contributed by atoms with van der Waals surface area (Å²) in [7, 11) is 0. The van der Waals surface area contributed by atoms with Gasteiger partial charge in [0.15, 0.2) is 0 Å². The number of benzene rings is 1. The summed E-state index contributed by atoms with van der Waals surface area (Å²) in [6, 6.07) is 5.74. The molecule has 0 amide bonds. The molecule has 0 saturated carbocycles. The molecule has 0 aromatic heterocycles. The van der Waals surface area contributed by atoms with Gasteiger partial charge in [0.1, 0.15) is 5.82 Å². The number of piperidine rings is 1. The van der Waals surface area contributed by atoms with Crippen molar-refractivity contribution in [1.82, 2.24) is 4.90 Å². The van der Waals surface area contributed by atoms with E-state index < -0.39 is 0 Å². The molecule has 2 rings (SSSR count). The van der Waals surface area contributed by atoms with Crippen LogP contribution in [0.3, 0.4) is 0 Å². The van der Waals surface area contributed by atoms with Crippen molar-refractivity contribution in [3.05, 3.63) is 29.0 Å². The second-order valence-corrected chi connectivity index (χ2v) is 5.61. The van der Waals surface area contributed by atoms with Crippen molar-refractivity contribution in [2.75, 3.05) is 18.4 Å². The van der Waals surface area contributed by atoms with Gasteiger partial charge in [-0.05, 0) is 44.9 Å². The first-order valence-corrected chi connectivity index (χ1v) is 6.89. The summed E-state index contributed by atoms with van der Waals surface area (Å²) in [5, 5.41) is 3.71. The maximum absolute atomic E-state index is 13.7. The van der Waals surface area contributed by atoms with E-state index in [9.17, 15) is 4.39 Å². The molecule has 1 aliphatic rings. The van der Waals surface area contributed by atoms with Gasteiger partial charge in [-0.25, -0.2) is 4.39 Å². The number of anilines is 1. The highest BCUT2D eigenvalue weighted by atomic mass is 35.5. The summed E-state index contributed by atoms with van der Waals surface area (Å²) in [5.74, 6) is -0.270. The lowest BCUT2D eigenvalue weighted by Gasteiger charge is -2.35. The molecule has 2 nitrogen and oxygen atoms in total. The van der Waals surface area contributed by atoms with Gasteiger partial charge in [0.2, 0.25) is 0 Å². The Hall–Kier alpha value is -0.800. The molecular weight excluding hydrogens is 251 g/mol. The lowest BCUT2D eigenvalue weighted by molar-refractivity contribution is 0.177. The maximum atomic E-state index is 13.7. The van der Waals surface area contributed by atoms with Crippen molar-refractivity contribution >= 4 is 17.3 Å². The number of likely N-dealkylation sites (tertiary alicyclic amines) is 1. The van der Waals surface area contributed by atoms with Gasteiger partial charge in [0.25, 0.3) is 0 Å². The predicted molar refractivity (Wildman–Crippen MR) is 74.8 cm³/mol. The highest BCUT2D eigenvalue weighted by Crippen LogP contribution is 2.22. The topological polar surface area (TPSA) is 15.3 Å². The molecule has 100 valence electrons. The average Bonchev–Trinajstić information content (AvgIpc) is 2.33. The molecule has 18 heavy (non-hydrogen) atoms. The molecule has 0 aliphatic carbocycles. The average molecular weight is 271 g/mol. The van der Waals surface area contributed by atoms with E-state index >= 15 is 0 Å². The Bertz CT molecular complexity index is 401. The molecule has 0 atom stereocenters. The number of nitrogens with one attached hydrogen (secondary N) is 1. The Balaban J connectivity index is 1.91. The number of hydrogen-bond acceptors (Lipinski definition) is 2. The van der Waals surface area contributed by atoms with E-state index in [1.165, 1.54) is 6.07 Å². The van der Waals surface area contributed by atoms with Gasteiger partial charge in [0.05, 0.1) is 5.69 Å². The molecule has 1 saturated heterocycles. The minimum atomic E-state index is -0.270. The van der Waals surface area contributed by atoms with Crippen LogP contribution in [0.5, 0.6) is 0 Å². The molecule has 1 N–H and O–H groups in total. The van der Waals surface area contributed by atoms with Gasteiger partial charge in [0, 0.05) is 30.2 Å². The van der Waals surface area contributed by atoms with E-state index in [4.69, 9.17) is 11.6 Å². The van der Waals surface area contributed by atoms with Crippen LogP contribution in [-0.4, -0.2) is 30.1 Å². The van der Waals surface area contributed by atoms with E-state index in [-0.39, 0.29) is 5.82 Å². The Labute approximate surface area is 113 Å². The second kappa shape index (κ2) is 5.89. The molecule has 4 heteroatoms. The lowest BCUT2D eigenvalue weighted by atomic mass is 10.0. The molecule has 0 radical (unpaired) electrons. The summed E-state index contributed by atoms with van der Waals surface area (Å²) < 4.78 is 13.7. The van der Waals surface area contributed by atoms with Crippen LogP contribution in [0.1, 0.15) is 26.7 Å². The molecule has 1 aromatic rings. The Morgan fingerprint density at radius 3 is 2.56 bits per heavy atom. The SMILES string of the molecule is CC(C)N1CCC(Nc2ccc(Cl)cc2F)CC1. The third-order valence-corrected chi connectivity index (χ3v) is 3.79. The van der Waals surface area contributed by atoms with Gasteiger partial charge < -0.3 is 10.2 Å². The summed E-state index contributed by atoms with van der Waals surface area (Å²) in [6.45, 7) is 6.58. The van der Waals surface area contributed by atoms with Crippen LogP contribution in [0.25, 0.3) is 0 Å². The molecule has 1 aromatic carbocycles. The van der Waals surface area contributed by atoms with Crippen molar-refractivity contribution in [3.63, 3.8) is 0 Å². The van der Waals surface area contributed by atoms with E-state index in [0.717, 1.165) is 25.9 Å². The molecule has 0 spiro atoms. The van der Waals surface area contributed by atoms with Gasteiger partial charge in [-0.1, -0.05) is 11.6 Å². The quantitative estimate of drug-likeness (QED) is 0.900. The molecule has 1 aliphatic heterocycles. The smallest absolute Gasteiger partial charge is 0.147 e. The summed E-state index contributed by atoms with van der Waals surface area (Å²) in [4.78, 5) is 2.45. The van der Waals surface area contributed by atoms with Gasteiger partial charge in [-0.3, -0.25) is 0 Å². The minimum absolute atomic E-state index is 0.270. The number of halogens is 2. The summed E-state index contributed by atoms with van der Waals surface area (Å²) >= 11 is 5.74. The van der Waals surface area contributed by atoms with Crippen molar-refractivity contribution < 1.29 is 4.39 Å². The first-order valence-electron chi connectivity index (χ1n) is 6.52. The Kier molecular flexibility index (Phi) is 4.46. The number of rotatable bonds is 3. The van der Waals surface area contributed by atoms with Crippen LogP contribution >= 0.6 is 11.6 Å². The van der Waals surface area contributed by atoms with Crippen LogP contribution in [0.4, 0.5) is 10.1 Å². The van der Waals surface area contributed by atoms with E-state index in [1.807, 2.05) is 0 Å². The van der Waals surface area contributed by atoms with Crippen LogP contribution < -0.4 is 5.32 Å². The Morgan fingerprint density at radius 1 is 1.33 bits per heavy atom. The zero-order valence-electron chi connectivity index (χ0n) is 10.9. The van der Waals surface area contributed by atoms with Gasteiger partial charge in [-0.15, -0.1) is 0 Å². The molecular formula is C14H20ClFN2. The fraction of sp³-hybridized carbons (Fsp3) is 0.571. The van der Waals surface area contributed by atoms with Crippen LogP contribution in [0, 0.1) is 5.82 Å². The zero-order chi connectivity index (χ0) is 13.1. The van der Waals surface area contributed by atoms with Crippen LogP contribution in [0.2, 0.25) is 5.02 Å². The second-order valence-electron chi connectivity index (χ2n) is 5.17. The largest absolute Gasteiger partial charge is 0.380 e. The van der Waals surface area contributed by atoms with Gasteiger partial charge in [-0.2, -0.15) is 0 Å². The van der Waals surface area contributed by atoms with Crippen LogP contribution in [-0.2, 0) is 0 Å². The van der Waals surface area contributed by atoms with E-state index in [2.05, 4.69) is 24.1 Å². The standard InChI is InChI=1S/C14H20ClFN2/c1-10(2)18-7-5-12(6-8-18)17-14-4-3-11(15)9-13(14)16/h3-4,9-10,12,17H,5-8H2,1-2H3. The van der Waals surface area contributed by atoms with Crippen molar-refractivity contribution in [2.45, 2.75) is 38.8 Å². The zero-order valence-corrected chi connectivity index (χ0v) is 11.7. The molecule has 1 fully saturated rings. The monoisotopic (exact) mass is 270 g/mol. The van der Waals surface area contributed by atoms with Gasteiger partial charge >= 0.3 is 0 Å². The number of nitrogens with zero attached hydrogens (tertiary/aromatic N) is 1. The third-order valence-electron chi connectivity index (χ3n) is 3.55. The third kappa shape index (κ3) is 3.36. The number of hydrogen-bond donors (Lipinski definition) is 1. The predicted octanol–water partition coefficient (Wildman–Crippen LogP) is 3.76. The fourth-order valence-corrected chi connectivity index (χ4v) is 2.55. The maximum Gasteiger partial charge on any atom is 0.147 e. The van der Waals surface area contributed by atoms with Crippen molar-refractivity contribution in [3.8, 4) is 0 Å². The minimum Gasteiger partial charge on any atom is -0.380 e. The van der Waals surface area contributed by atoms with E-state index in [1.54, 1.807) is 12.1 Å². The van der Waals surface area contributed by atoms with Crippen LogP contribution in [0.15, 0.2) is 18.2 Å². The molecule has 0 bridgehead atoms. The first-order chi connectivity index (χ1) is 8.56. The normalized spacial score (nSPS) is 18.3. The highest BCUT2D eigenvalue weighted by Gasteiger charge is 2.21. The summed E-state index contributed by atoms with van der Waals surface area (Å²) in [6.07, 6.45) is 2.11. The summed E-state index contributed by atoms with van der Waals surface area (Å²) in [5.41, 5.74) is 0.558. The first kappa shape index (κ1) is 13.6. The van der Waals surface area contributed by atoms with E-state index in [0.29, 0.717) is 22.8 Å². The van der Waals surface area contributed by atoms with Crippen molar-refractivity contribution in [2.24, 2.45) is 0 Å². The fourth-order valence-electron chi connectivity index (χ4n) is 2.39. The van der Waals surface area contributed by atoms with Crippen molar-refractivity contribution in [1.29, 1.82) is 0 Å². The molecule has 1 heterocycles. The lowest BCUT2D eigenvalue weighted by Crippen LogP contribution is -2.42. The highest BCUT2D eigenvalue weighted by molar-refractivity contribution is 6.30. The molecule has 0 unspecified atom stereocenters.